The first-order valence-corrected chi connectivity index (χ1v) is 10.5. The van der Waals surface area contributed by atoms with Crippen molar-refractivity contribution in [3.05, 3.63) is 85.1 Å². The molecule has 0 unspecified atom stereocenters. The smallest absolute Gasteiger partial charge is 0.255 e. The van der Waals surface area contributed by atoms with Gasteiger partial charge in [0, 0.05) is 29.9 Å². The molecule has 0 fully saturated rings. The molecule has 0 radical (unpaired) electrons. The zero-order valence-corrected chi connectivity index (χ0v) is 18.8. The first-order valence-electron chi connectivity index (χ1n) is 10.5. The number of benzene rings is 2. The number of imidazole rings is 1. The summed E-state index contributed by atoms with van der Waals surface area (Å²) in [4.78, 5) is 31.1. The van der Waals surface area contributed by atoms with E-state index >= 15 is 0 Å². The number of carbonyl (C=O) groups is 2. The number of amides is 2. The molecule has 0 aliphatic rings. The van der Waals surface area contributed by atoms with E-state index in [1.807, 2.05) is 43.3 Å². The molecule has 1 aromatic heterocycles. The molecule has 0 saturated heterocycles. The lowest BCUT2D eigenvalue weighted by molar-refractivity contribution is -0.114. The molecule has 2 aromatic carbocycles. The van der Waals surface area contributed by atoms with Crippen molar-refractivity contribution in [2.45, 2.75) is 33.6 Å². The molecule has 0 bridgehead atoms. The Morgan fingerprint density at radius 3 is 2.47 bits per heavy atom. The Balaban J connectivity index is 0.000000654. The molecule has 0 spiro atoms. The molecule has 2 amide bonds. The second-order valence-corrected chi connectivity index (χ2v) is 6.95. The van der Waals surface area contributed by atoms with Crippen LogP contribution in [0, 0.1) is 0 Å². The third-order valence-corrected chi connectivity index (χ3v) is 4.33. The van der Waals surface area contributed by atoms with Crippen molar-refractivity contribution in [3.63, 3.8) is 0 Å². The summed E-state index contributed by atoms with van der Waals surface area (Å²) in [7, 11) is 0. The molecular formula is C26H30N4O2. The number of allylic oxidation sites excluding steroid dienone is 4. The van der Waals surface area contributed by atoms with E-state index in [-0.39, 0.29) is 11.8 Å². The van der Waals surface area contributed by atoms with E-state index in [2.05, 4.69) is 46.3 Å². The average Bonchev–Trinajstić information content (AvgIpc) is 3.21. The quantitative estimate of drug-likeness (QED) is 0.403. The summed E-state index contributed by atoms with van der Waals surface area (Å²) in [6, 6.07) is 12.7. The van der Waals surface area contributed by atoms with Gasteiger partial charge in [0.25, 0.3) is 5.91 Å². The van der Waals surface area contributed by atoms with Crippen molar-refractivity contribution in [3.8, 4) is 11.4 Å². The van der Waals surface area contributed by atoms with Gasteiger partial charge in [-0.2, -0.15) is 0 Å². The Kier molecular flexibility index (Phi) is 9.66. The molecule has 0 aliphatic heterocycles. The third-order valence-electron chi connectivity index (χ3n) is 4.33. The van der Waals surface area contributed by atoms with Crippen molar-refractivity contribution in [2.75, 3.05) is 5.32 Å². The summed E-state index contributed by atoms with van der Waals surface area (Å²) < 4.78 is 0. The van der Waals surface area contributed by atoms with Crippen molar-refractivity contribution in [2.24, 2.45) is 0 Å². The van der Waals surface area contributed by atoms with Crippen LogP contribution in [0.25, 0.3) is 22.4 Å². The molecule has 3 aromatic rings. The predicted octanol–water partition coefficient (Wildman–Crippen LogP) is 5.98. The maximum Gasteiger partial charge on any atom is 0.255 e. The molecule has 6 nitrogen and oxygen atoms in total. The van der Waals surface area contributed by atoms with Crippen LogP contribution in [0.4, 0.5) is 5.69 Å². The Labute approximate surface area is 189 Å². The van der Waals surface area contributed by atoms with Crippen LogP contribution in [-0.2, 0) is 4.79 Å². The van der Waals surface area contributed by atoms with Crippen molar-refractivity contribution in [1.82, 2.24) is 15.3 Å². The lowest BCUT2D eigenvalue weighted by Gasteiger charge is -2.02. The summed E-state index contributed by atoms with van der Waals surface area (Å²) in [6.07, 6.45) is 11.2. The molecular weight excluding hydrogens is 400 g/mol. The SMILES string of the molecule is C/C=C\CC.C=CC/C=C/NC(=O)c1ccc(-c2nc3ccc(NC(C)=O)cc3[nH]2)cc1. The number of H-pyrrole nitrogens is 1. The predicted molar refractivity (Wildman–Crippen MR) is 132 cm³/mol. The van der Waals surface area contributed by atoms with Gasteiger partial charge in [-0.3, -0.25) is 9.59 Å². The summed E-state index contributed by atoms with van der Waals surface area (Å²) in [5, 5.41) is 5.46. The molecule has 0 saturated carbocycles. The third kappa shape index (κ3) is 7.40. The van der Waals surface area contributed by atoms with Crippen LogP contribution >= 0.6 is 0 Å². The number of carbonyl (C=O) groups excluding carboxylic acids is 2. The van der Waals surface area contributed by atoms with E-state index in [1.54, 1.807) is 24.4 Å². The van der Waals surface area contributed by atoms with Gasteiger partial charge in [0.15, 0.2) is 0 Å². The Morgan fingerprint density at radius 1 is 1.12 bits per heavy atom. The number of rotatable bonds is 7. The molecule has 3 N–H and O–H groups in total. The fraction of sp³-hybridized carbons (Fsp3) is 0.192. The van der Waals surface area contributed by atoms with Gasteiger partial charge in [0.1, 0.15) is 5.82 Å². The zero-order chi connectivity index (χ0) is 23.3. The maximum atomic E-state index is 12.1. The minimum Gasteiger partial charge on any atom is -0.338 e. The van der Waals surface area contributed by atoms with Gasteiger partial charge in [-0.05, 0) is 50.1 Å². The highest BCUT2D eigenvalue weighted by atomic mass is 16.2. The second kappa shape index (κ2) is 12.7. The molecule has 1 heterocycles. The van der Waals surface area contributed by atoms with E-state index in [4.69, 9.17) is 0 Å². The lowest BCUT2D eigenvalue weighted by atomic mass is 10.1. The summed E-state index contributed by atoms with van der Waals surface area (Å²) in [6.45, 7) is 9.24. The minimum atomic E-state index is -0.175. The molecule has 0 atom stereocenters. The fourth-order valence-corrected chi connectivity index (χ4v) is 2.82. The Hall–Kier alpha value is -3.93. The summed E-state index contributed by atoms with van der Waals surface area (Å²) in [5.41, 5.74) is 3.76. The van der Waals surface area contributed by atoms with Crippen LogP contribution < -0.4 is 10.6 Å². The lowest BCUT2D eigenvalue weighted by Crippen LogP contribution is -2.16. The van der Waals surface area contributed by atoms with E-state index in [0.717, 1.165) is 23.0 Å². The topological polar surface area (TPSA) is 86.9 Å². The number of hydrogen-bond donors (Lipinski definition) is 3. The molecule has 32 heavy (non-hydrogen) atoms. The van der Waals surface area contributed by atoms with Crippen LogP contribution in [0.15, 0.2) is 79.5 Å². The largest absolute Gasteiger partial charge is 0.338 e. The second-order valence-electron chi connectivity index (χ2n) is 6.95. The van der Waals surface area contributed by atoms with Gasteiger partial charge in [0.05, 0.1) is 11.0 Å². The Morgan fingerprint density at radius 2 is 1.88 bits per heavy atom. The number of hydrogen-bond acceptors (Lipinski definition) is 3. The first kappa shape index (κ1) is 24.3. The van der Waals surface area contributed by atoms with E-state index < -0.39 is 0 Å². The van der Waals surface area contributed by atoms with Crippen LogP contribution in [0.5, 0.6) is 0 Å². The molecule has 3 rings (SSSR count). The highest BCUT2D eigenvalue weighted by molar-refractivity contribution is 5.95. The van der Waals surface area contributed by atoms with Crippen molar-refractivity contribution < 1.29 is 9.59 Å². The molecule has 6 heteroatoms. The number of aromatic nitrogens is 2. The van der Waals surface area contributed by atoms with E-state index in [1.165, 1.54) is 6.92 Å². The number of aromatic amines is 1. The monoisotopic (exact) mass is 430 g/mol. The number of nitrogens with zero attached hydrogens (tertiary/aromatic N) is 1. The average molecular weight is 431 g/mol. The molecule has 166 valence electrons. The van der Waals surface area contributed by atoms with Crippen LogP contribution in [0.3, 0.4) is 0 Å². The molecule has 0 aliphatic carbocycles. The van der Waals surface area contributed by atoms with E-state index in [0.29, 0.717) is 23.5 Å². The van der Waals surface area contributed by atoms with Gasteiger partial charge < -0.3 is 15.6 Å². The van der Waals surface area contributed by atoms with Gasteiger partial charge in [-0.25, -0.2) is 4.98 Å². The van der Waals surface area contributed by atoms with Crippen LogP contribution in [0.2, 0.25) is 0 Å². The number of nitrogens with one attached hydrogen (secondary N) is 3. The fourth-order valence-electron chi connectivity index (χ4n) is 2.82. The highest BCUT2D eigenvalue weighted by Crippen LogP contribution is 2.23. The van der Waals surface area contributed by atoms with Crippen LogP contribution in [-0.4, -0.2) is 21.8 Å². The van der Waals surface area contributed by atoms with Crippen molar-refractivity contribution in [1.29, 1.82) is 0 Å². The summed E-state index contributed by atoms with van der Waals surface area (Å²) in [5.74, 6) is 0.400. The first-order chi connectivity index (χ1) is 15.5. The van der Waals surface area contributed by atoms with Crippen LogP contribution in [0.1, 0.15) is 44.0 Å². The standard InChI is InChI=1S/C21H20N4O2.C5H10/c1-3-4-5-12-22-21(27)16-8-6-15(7-9-16)20-24-18-11-10-17(23-14(2)26)13-19(18)25-20;1-3-5-4-2/h3,5-13H,1,4H2,2H3,(H,22,27)(H,23,26)(H,24,25);3,5H,4H2,1-2H3/b12-5+;5-3-. The maximum absolute atomic E-state index is 12.1. The normalized spacial score (nSPS) is 10.7. The Bertz CT molecular complexity index is 1110. The highest BCUT2D eigenvalue weighted by Gasteiger charge is 2.08. The number of anilines is 1. The van der Waals surface area contributed by atoms with E-state index in [9.17, 15) is 9.59 Å². The summed E-state index contributed by atoms with van der Waals surface area (Å²) >= 11 is 0. The van der Waals surface area contributed by atoms with Gasteiger partial charge in [-0.1, -0.05) is 43.4 Å². The minimum absolute atomic E-state index is 0.123. The van der Waals surface area contributed by atoms with Gasteiger partial charge >= 0.3 is 0 Å². The zero-order valence-electron chi connectivity index (χ0n) is 18.8. The van der Waals surface area contributed by atoms with Gasteiger partial charge in [-0.15, -0.1) is 6.58 Å². The van der Waals surface area contributed by atoms with Gasteiger partial charge in [0.2, 0.25) is 5.91 Å². The van der Waals surface area contributed by atoms with Crippen molar-refractivity contribution >= 4 is 28.5 Å². The number of fused-ring (bicyclic) bond motifs is 1.